The first-order chi connectivity index (χ1) is 11.4. The highest BCUT2D eigenvalue weighted by molar-refractivity contribution is 7.91. The van der Waals surface area contributed by atoms with Crippen LogP contribution in [0.25, 0.3) is 0 Å². The molecule has 1 fully saturated rings. The van der Waals surface area contributed by atoms with E-state index in [1.54, 1.807) is 14.0 Å². The highest BCUT2D eigenvalue weighted by Gasteiger charge is 2.39. The summed E-state index contributed by atoms with van der Waals surface area (Å²) < 4.78 is 60.7. The van der Waals surface area contributed by atoms with Gasteiger partial charge in [-0.05, 0) is 25.5 Å². The monoisotopic (exact) mass is 379 g/mol. The normalized spacial score (nSPS) is 24.0. The lowest BCUT2D eigenvalue weighted by Gasteiger charge is -2.24. The van der Waals surface area contributed by atoms with E-state index in [1.165, 1.54) is 12.1 Å². The Bertz CT molecular complexity index is 732. The zero-order valence-corrected chi connectivity index (χ0v) is 14.9. The van der Waals surface area contributed by atoms with Gasteiger partial charge in [-0.3, -0.25) is 4.79 Å². The van der Waals surface area contributed by atoms with Gasteiger partial charge in [0.05, 0.1) is 29.7 Å². The van der Waals surface area contributed by atoms with Crippen LogP contribution in [0, 0.1) is 0 Å². The first-order valence-corrected chi connectivity index (χ1v) is 9.70. The summed E-state index contributed by atoms with van der Waals surface area (Å²) in [5.41, 5.74) is -0.764. The number of likely N-dealkylation sites (N-methyl/N-ethyl adjacent to an activating group) is 1. The van der Waals surface area contributed by atoms with Crippen LogP contribution in [0.3, 0.4) is 0 Å². The van der Waals surface area contributed by atoms with Crippen molar-refractivity contribution in [3.63, 3.8) is 0 Å². The number of sulfone groups is 1. The molecule has 9 heteroatoms. The van der Waals surface area contributed by atoms with E-state index >= 15 is 0 Å². The van der Waals surface area contributed by atoms with Gasteiger partial charge in [0, 0.05) is 5.56 Å². The average molecular weight is 379 g/mol. The molecule has 2 N–H and O–H groups in total. The summed E-state index contributed by atoms with van der Waals surface area (Å²) in [6.07, 6.45) is -3.98. The predicted molar refractivity (Wildman–Crippen MR) is 86.7 cm³/mol. The van der Waals surface area contributed by atoms with Crippen molar-refractivity contribution in [2.45, 2.75) is 31.6 Å². The van der Waals surface area contributed by atoms with Gasteiger partial charge in [-0.2, -0.15) is 13.2 Å². The van der Waals surface area contributed by atoms with E-state index < -0.39 is 27.1 Å². The fraction of sp³-hybridized carbons (Fsp3) is 0.562. The third kappa shape index (κ3) is 5.71. The van der Waals surface area contributed by atoms with Crippen molar-refractivity contribution in [1.82, 2.24) is 5.32 Å². The Morgan fingerprint density at radius 1 is 1.28 bits per heavy atom. The number of amides is 1. The summed E-state index contributed by atoms with van der Waals surface area (Å²) in [5.74, 6) is -0.272. The number of quaternary nitrogens is 1. The molecule has 0 aromatic heterocycles. The van der Waals surface area contributed by atoms with Crippen LogP contribution >= 0.6 is 0 Å². The lowest BCUT2D eigenvalue weighted by atomic mass is 10.0. The van der Waals surface area contributed by atoms with Crippen molar-refractivity contribution >= 4 is 15.7 Å². The standard InChI is InChI=1S/C16H21F3N2O3S/c1-15(7-8-25(23,24)11-15)20-14(22)10-21(2)9-12-3-5-13(6-4-12)16(17,18)19/h3-6H,7-11H2,1-2H3,(H,20,22)/p+1/t15-/m1/s1. The van der Waals surface area contributed by atoms with Gasteiger partial charge < -0.3 is 10.2 Å². The maximum atomic E-state index is 12.5. The fourth-order valence-electron chi connectivity index (χ4n) is 2.99. The minimum atomic E-state index is -4.37. The molecular weight excluding hydrogens is 357 g/mol. The zero-order valence-electron chi connectivity index (χ0n) is 14.1. The first kappa shape index (κ1) is 19.7. The SMILES string of the molecule is C[NH+](CC(=O)N[C@]1(C)CCS(=O)(=O)C1)Cc1ccc(C(F)(F)F)cc1. The maximum absolute atomic E-state index is 12.5. The molecule has 1 saturated heterocycles. The highest BCUT2D eigenvalue weighted by atomic mass is 32.2. The second-order valence-electron chi connectivity index (χ2n) is 6.96. The molecule has 5 nitrogen and oxygen atoms in total. The average Bonchev–Trinajstić information content (AvgIpc) is 2.71. The fourth-order valence-corrected chi connectivity index (χ4v) is 5.08. The number of hydrogen-bond acceptors (Lipinski definition) is 3. The molecule has 0 spiro atoms. The van der Waals surface area contributed by atoms with Crippen LogP contribution in [0.15, 0.2) is 24.3 Å². The van der Waals surface area contributed by atoms with Crippen molar-refractivity contribution in [1.29, 1.82) is 0 Å². The van der Waals surface area contributed by atoms with Crippen LogP contribution in [-0.2, 0) is 27.4 Å². The van der Waals surface area contributed by atoms with Crippen molar-refractivity contribution < 1.29 is 31.3 Å². The van der Waals surface area contributed by atoms with E-state index in [0.717, 1.165) is 17.0 Å². The maximum Gasteiger partial charge on any atom is 0.416 e. The molecule has 1 aromatic carbocycles. The van der Waals surface area contributed by atoms with Gasteiger partial charge >= 0.3 is 6.18 Å². The summed E-state index contributed by atoms with van der Waals surface area (Å²) in [7, 11) is -1.35. The number of nitrogens with one attached hydrogen (secondary N) is 2. The molecule has 1 aliphatic rings. The van der Waals surface area contributed by atoms with Crippen LogP contribution in [0.5, 0.6) is 0 Å². The Hall–Kier alpha value is -1.61. The summed E-state index contributed by atoms with van der Waals surface area (Å²) in [4.78, 5) is 12.9. The van der Waals surface area contributed by atoms with Crippen molar-refractivity contribution in [2.24, 2.45) is 0 Å². The van der Waals surface area contributed by atoms with Gasteiger partial charge in [-0.15, -0.1) is 0 Å². The lowest BCUT2D eigenvalue weighted by Crippen LogP contribution is -3.09. The Morgan fingerprint density at radius 2 is 1.88 bits per heavy atom. The van der Waals surface area contributed by atoms with Gasteiger partial charge in [0.2, 0.25) is 0 Å². The van der Waals surface area contributed by atoms with Crippen LogP contribution in [0.2, 0.25) is 0 Å². The quantitative estimate of drug-likeness (QED) is 0.779. The molecular formula is C16H22F3N2O3S+. The Morgan fingerprint density at radius 3 is 2.36 bits per heavy atom. The van der Waals surface area contributed by atoms with E-state index in [1.807, 2.05) is 0 Å². The van der Waals surface area contributed by atoms with Crippen LogP contribution in [-0.4, -0.2) is 45.0 Å². The number of carbonyl (C=O) groups is 1. The molecule has 1 aromatic rings. The molecule has 2 rings (SSSR count). The molecule has 0 saturated carbocycles. The number of carbonyl (C=O) groups excluding carboxylic acids is 1. The minimum absolute atomic E-state index is 0.0658. The Labute approximate surface area is 145 Å². The molecule has 0 bridgehead atoms. The summed E-state index contributed by atoms with van der Waals surface area (Å²) in [5, 5.41) is 2.77. The van der Waals surface area contributed by atoms with Crippen LogP contribution in [0.1, 0.15) is 24.5 Å². The molecule has 1 heterocycles. The Balaban J connectivity index is 1.87. The molecule has 1 aliphatic heterocycles. The van der Waals surface area contributed by atoms with Gasteiger partial charge in [0.25, 0.3) is 5.91 Å². The molecule has 25 heavy (non-hydrogen) atoms. The third-order valence-corrected chi connectivity index (χ3v) is 6.10. The highest BCUT2D eigenvalue weighted by Crippen LogP contribution is 2.29. The van der Waals surface area contributed by atoms with Crippen LogP contribution < -0.4 is 10.2 Å². The molecule has 140 valence electrons. The van der Waals surface area contributed by atoms with Gasteiger partial charge in [-0.25, -0.2) is 8.42 Å². The second kappa shape index (κ2) is 6.95. The molecule has 0 radical (unpaired) electrons. The van der Waals surface area contributed by atoms with Crippen molar-refractivity contribution in [3.8, 4) is 0 Å². The van der Waals surface area contributed by atoms with E-state index in [0.29, 0.717) is 18.5 Å². The number of halogens is 3. The smallest absolute Gasteiger partial charge is 0.345 e. The molecule has 1 unspecified atom stereocenters. The predicted octanol–water partition coefficient (Wildman–Crippen LogP) is 0.414. The van der Waals surface area contributed by atoms with Crippen molar-refractivity contribution in [2.75, 3.05) is 25.1 Å². The number of alkyl halides is 3. The van der Waals surface area contributed by atoms with E-state index in [9.17, 15) is 26.4 Å². The molecule has 0 aliphatic carbocycles. The van der Waals surface area contributed by atoms with E-state index in [2.05, 4.69) is 5.32 Å². The first-order valence-electron chi connectivity index (χ1n) is 7.87. The molecule has 2 atom stereocenters. The Kier molecular flexibility index (Phi) is 5.48. The summed E-state index contributed by atoms with van der Waals surface area (Å²) in [6.45, 7) is 2.21. The number of rotatable bonds is 5. The minimum Gasteiger partial charge on any atom is -0.345 e. The topological polar surface area (TPSA) is 67.7 Å². The van der Waals surface area contributed by atoms with E-state index in [4.69, 9.17) is 0 Å². The summed E-state index contributed by atoms with van der Waals surface area (Å²) in [6, 6.07) is 4.84. The van der Waals surface area contributed by atoms with Crippen LogP contribution in [0.4, 0.5) is 13.2 Å². The zero-order chi connectivity index (χ0) is 18.9. The number of benzene rings is 1. The van der Waals surface area contributed by atoms with Gasteiger partial charge in [0.15, 0.2) is 16.4 Å². The number of hydrogen-bond donors (Lipinski definition) is 2. The van der Waals surface area contributed by atoms with Gasteiger partial charge in [-0.1, -0.05) is 12.1 Å². The third-order valence-electron chi connectivity index (χ3n) is 4.19. The largest absolute Gasteiger partial charge is 0.416 e. The summed E-state index contributed by atoms with van der Waals surface area (Å²) >= 11 is 0. The molecule has 1 amide bonds. The van der Waals surface area contributed by atoms with E-state index in [-0.39, 0.29) is 24.0 Å². The van der Waals surface area contributed by atoms with Crippen molar-refractivity contribution in [3.05, 3.63) is 35.4 Å². The lowest BCUT2D eigenvalue weighted by molar-refractivity contribution is -0.885. The second-order valence-corrected chi connectivity index (χ2v) is 9.14. The van der Waals surface area contributed by atoms with Gasteiger partial charge in [0.1, 0.15) is 6.54 Å².